The highest BCUT2D eigenvalue weighted by molar-refractivity contribution is 6.33. The number of aryl methyl sites for hydroxylation is 1. The Morgan fingerprint density at radius 1 is 1.34 bits per heavy atom. The molecule has 6 rings (SSSR count). The van der Waals surface area contributed by atoms with E-state index in [9.17, 15) is 4.79 Å². The zero-order chi connectivity index (χ0) is 20.2. The van der Waals surface area contributed by atoms with Crippen LogP contribution < -0.4 is 15.8 Å². The third kappa shape index (κ3) is 3.13. The van der Waals surface area contributed by atoms with Crippen LogP contribution in [0.2, 0.25) is 5.02 Å². The molecule has 4 aliphatic carbocycles. The lowest BCUT2D eigenvalue weighted by Gasteiger charge is -2.36. The molecule has 2 unspecified atom stereocenters. The van der Waals surface area contributed by atoms with Gasteiger partial charge >= 0.3 is 0 Å². The lowest BCUT2D eigenvalue weighted by Crippen LogP contribution is -2.39. The van der Waals surface area contributed by atoms with Crippen LogP contribution >= 0.6 is 11.6 Å². The first-order valence-electron chi connectivity index (χ1n) is 10.5. The molecule has 1 heterocycles. The van der Waals surface area contributed by atoms with Gasteiger partial charge in [-0.1, -0.05) is 11.6 Å². The summed E-state index contributed by atoms with van der Waals surface area (Å²) >= 11 is 6.39. The third-order valence-corrected chi connectivity index (χ3v) is 7.44. The molecule has 4 saturated carbocycles. The lowest BCUT2D eigenvalue weighted by atomic mass is 9.69. The number of carbonyl (C=O) groups excluding carboxylic acids is 1. The maximum Gasteiger partial charge on any atom is 0.230 e. The number of hydrogen-bond donors (Lipinski definition) is 2. The molecular formula is C22H27ClN4O2. The van der Waals surface area contributed by atoms with Gasteiger partial charge in [-0.2, -0.15) is 5.10 Å². The molecule has 4 bridgehead atoms. The van der Waals surface area contributed by atoms with E-state index in [4.69, 9.17) is 22.1 Å². The zero-order valence-electron chi connectivity index (χ0n) is 16.7. The first-order chi connectivity index (χ1) is 14.0. The van der Waals surface area contributed by atoms with Crippen molar-refractivity contribution < 1.29 is 9.53 Å². The van der Waals surface area contributed by atoms with Crippen molar-refractivity contribution in [2.75, 3.05) is 18.5 Å². The lowest BCUT2D eigenvalue weighted by molar-refractivity contribution is -0.128. The van der Waals surface area contributed by atoms with Crippen LogP contribution in [0.3, 0.4) is 0 Å². The highest BCUT2D eigenvalue weighted by atomic mass is 35.5. The van der Waals surface area contributed by atoms with Gasteiger partial charge in [0, 0.05) is 24.8 Å². The summed E-state index contributed by atoms with van der Waals surface area (Å²) < 4.78 is 7.54. The third-order valence-electron chi connectivity index (χ3n) is 7.17. The number of halogens is 1. The summed E-state index contributed by atoms with van der Waals surface area (Å²) in [7, 11) is 1.84. The first kappa shape index (κ1) is 18.9. The van der Waals surface area contributed by atoms with E-state index in [1.807, 2.05) is 25.2 Å². The van der Waals surface area contributed by atoms with Gasteiger partial charge in [0.1, 0.15) is 12.4 Å². The fourth-order valence-corrected chi connectivity index (χ4v) is 6.42. The van der Waals surface area contributed by atoms with E-state index in [-0.39, 0.29) is 11.3 Å². The predicted molar refractivity (Wildman–Crippen MR) is 113 cm³/mol. The highest BCUT2D eigenvalue weighted by Crippen LogP contribution is 2.64. The normalized spacial score (nSPS) is 29.4. The van der Waals surface area contributed by atoms with Crippen molar-refractivity contribution in [3.05, 3.63) is 29.4 Å². The van der Waals surface area contributed by atoms with Gasteiger partial charge in [0.2, 0.25) is 5.91 Å². The summed E-state index contributed by atoms with van der Waals surface area (Å²) in [5.74, 6) is 3.11. The number of amides is 1. The number of rotatable bonds is 6. The minimum Gasteiger partial charge on any atom is -0.492 e. The van der Waals surface area contributed by atoms with Crippen LogP contribution in [-0.2, 0) is 11.8 Å². The maximum absolute atomic E-state index is 13.3. The van der Waals surface area contributed by atoms with Gasteiger partial charge in [-0.25, -0.2) is 0 Å². The summed E-state index contributed by atoms with van der Waals surface area (Å²) in [6.45, 7) is 0.824. The van der Waals surface area contributed by atoms with E-state index in [0.717, 1.165) is 54.0 Å². The molecule has 1 aromatic heterocycles. The summed E-state index contributed by atoms with van der Waals surface area (Å²) in [5.41, 5.74) is 7.76. The standard InChI is InChI=1S/C22H27ClN4O2/c1-27-20(18(23)12-25-27)17-8-16(2-3-19(17)29-5-4-24)26-21(28)22-9-13-6-14(10-22)15(7-13)11-22/h2-3,8,12-15H,4-7,9-11,24H2,1H3,(H,26,28). The van der Waals surface area contributed by atoms with Crippen molar-refractivity contribution in [3.8, 4) is 17.0 Å². The van der Waals surface area contributed by atoms with Crippen LogP contribution in [0.1, 0.15) is 32.1 Å². The number of nitrogens with one attached hydrogen (secondary N) is 1. The Labute approximate surface area is 175 Å². The number of nitrogens with two attached hydrogens (primary N) is 1. The number of ether oxygens (including phenoxy) is 1. The summed E-state index contributed by atoms with van der Waals surface area (Å²) in [6.07, 6.45) is 7.42. The second-order valence-corrected chi connectivity index (χ2v) is 9.42. The van der Waals surface area contributed by atoms with Crippen LogP contribution in [0.15, 0.2) is 24.4 Å². The number of benzene rings is 1. The van der Waals surface area contributed by atoms with Crippen molar-refractivity contribution in [1.29, 1.82) is 0 Å². The molecule has 154 valence electrons. The number of carbonyl (C=O) groups is 1. The molecule has 1 amide bonds. The minimum atomic E-state index is -0.171. The fraction of sp³-hybridized carbons (Fsp3) is 0.545. The van der Waals surface area contributed by atoms with Gasteiger partial charge in [-0.05, 0) is 68.1 Å². The predicted octanol–water partition coefficient (Wildman–Crippen LogP) is 3.84. The summed E-state index contributed by atoms with van der Waals surface area (Å²) in [6, 6.07) is 5.70. The Bertz CT molecular complexity index is 917. The van der Waals surface area contributed by atoms with Crippen molar-refractivity contribution in [3.63, 3.8) is 0 Å². The Morgan fingerprint density at radius 3 is 2.72 bits per heavy atom. The molecule has 3 N–H and O–H groups in total. The molecule has 1 aromatic carbocycles. The molecule has 0 aliphatic heterocycles. The Morgan fingerprint density at radius 2 is 2.10 bits per heavy atom. The van der Waals surface area contributed by atoms with Crippen molar-refractivity contribution in [2.45, 2.75) is 32.1 Å². The van der Waals surface area contributed by atoms with Gasteiger partial charge in [-0.15, -0.1) is 0 Å². The van der Waals surface area contributed by atoms with Crippen molar-refractivity contribution >= 4 is 23.2 Å². The number of nitrogens with zero attached hydrogens (tertiary/aromatic N) is 2. The second-order valence-electron chi connectivity index (χ2n) is 9.02. The molecule has 4 fully saturated rings. The van der Waals surface area contributed by atoms with E-state index >= 15 is 0 Å². The largest absolute Gasteiger partial charge is 0.492 e. The van der Waals surface area contributed by atoms with Crippen LogP contribution in [-0.4, -0.2) is 28.8 Å². The van der Waals surface area contributed by atoms with Crippen LogP contribution in [0.5, 0.6) is 5.75 Å². The fourth-order valence-electron chi connectivity index (χ4n) is 6.15. The topological polar surface area (TPSA) is 82.2 Å². The van der Waals surface area contributed by atoms with Gasteiger partial charge in [0.05, 0.1) is 22.3 Å². The summed E-state index contributed by atoms with van der Waals surface area (Å²) in [5, 5.41) is 7.98. The van der Waals surface area contributed by atoms with E-state index in [2.05, 4.69) is 10.4 Å². The minimum absolute atomic E-state index is 0.171. The van der Waals surface area contributed by atoms with Gasteiger partial charge in [-0.3, -0.25) is 9.48 Å². The Kier molecular flexibility index (Phi) is 4.59. The van der Waals surface area contributed by atoms with Gasteiger partial charge < -0.3 is 15.8 Å². The molecule has 2 aromatic rings. The number of anilines is 1. The molecule has 0 saturated heterocycles. The molecule has 6 nitrogen and oxygen atoms in total. The van der Waals surface area contributed by atoms with Crippen molar-refractivity contribution in [1.82, 2.24) is 9.78 Å². The Balaban J connectivity index is 1.44. The van der Waals surface area contributed by atoms with E-state index in [0.29, 0.717) is 23.9 Å². The molecular weight excluding hydrogens is 388 g/mol. The first-order valence-corrected chi connectivity index (χ1v) is 10.8. The molecule has 4 aliphatic rings. The van der Waals surface area contributed by atoms with E-state index in [1.54, 1.807) is 10.9 Å². The summed E-state index contributed by atoms with van der Waals surface area (Å²) in [4.78, 5) is 13.3. The Hall–Kier alpha value is -2.05. The van der Waals surface area contributed by atoms with E-state index < -0.39 is 0 Å². The molecule has 2 atom stereocenters. The SMILES string of the molecule is Cn1ncc(Cl)c1-c1cc(NC(=O)C23CC4CC(C2)C(C4)C3)ccc1OCCN. The molecule has 0 radical (unpaired) electrons. The zero-order valence-corrected chi connectivity index (χ0v) is 17.4. The average molecular weight is 415 g/mol. The molecule has 0 spiro atoms. The molecule has 29 heavy (non-hydrogen) atoms. The number of hydrogen-bond acceptors (Lipinski definition) is 4. The van der Waals surface area contributed by atoms with Crippen LogP contribution in [0, 0.1) is 23.2 Å². The van der Waals surface area contributed by atoms with Gasteiger partial charge in [0.15, 0.2) is 0 Å². The van der Waals surface area contributed by atoms with Crippen LogP contribution in [0.4, 0.5) is 5.69 Å². The molecule has 7 heteroatoms. The smallest absolute Gasteiger partial charge is 0.230 e. The monoisotopic (exact) mass is 414 g/mol. The quantitative estimate of drug-likeness (QED) is 0.752. The van der Waals surface area contributed by atoms with E-state index in [1.165, 1.54) is 12.8 Å². The van der Waals surface area contributed by atoms with Gasteiger partial charge in [0.25, 0.3) is 0 Å². The van der Waals surface area contributed by atoms with Crippen molar-refractivity contribution in [2.24, 2.45) is 36.0 Å². The number of aromatic nitrogens is 2. The van der Waals surface area contributed by atoms with Crippen LogP contribution in [0.25, 0.3) is 11.3 Å². The maximum atomic E-state index is 13.3. The highest BCUT2D eigenvalue weighted by Gasteiger charge is 2.59. The second kappa shape index (κ2) is 7.03. The average Bonchev–Trinajstić information content (AvgIpc) is 3.27.